The Kier molecular flexibility index (Phi) is 5.46. The van der Waals surface area contributed by atoms with Crippen LogP contribution in [-0.4, -0.2) is 30.3 Å². The second kappa shape index (κ2) is 7.14. The van der Waals surface area contributed by atoms with Gasteiger partial charge in [-0.15, -0.1) is 0 Å². The number of rotatable bonds is 7. The van der Waals surface area contributed by atoms with Gasteiger partial charge in [0, 0.05) is 25.2 Å². The number of nitrogens with one attached hydrogen (secondary N) is 1. The monoisotopic (exact) mass is 322 g/mol. The van der Waals surface area contributed by atoms with Crippen LogP contribution in [0.3, 0.4) is 0 Å². The number of carbonyl (C=O) groups is 2. The first-order valence-electron chi connectivity index (χ1n) is 7.78. The van der Waals surface area contributed by atoms with Crippen LogP contribution in [0, 0.1) is 5.41 Å². The fraction of sp³-hybridized carbons (Fsp3) is 0.529. The smallest absolute Gasteiger partial charge is 0.238 e. The van der Waals surface area contributed by atoms with Crippen molar-refractivity contribution in [2.24, 2.45) is 5.41 Å². The number of hydrogen-bond donors (Lipinski definition) is 1. The van der Waals surface area contributed by atoms with Gasteiger partial charge in [0.2, 0.25) is 11.8 Å². The SMILES string of the molecule is CCCCN(C)C(=O)C1(C(=O)NCc2ccc(Cl)cc2)CC1. The highest BCUT2D eigenvalue weighted by atomic mass is 35.5. The second-order valence-corrected chi connectivity index (χ2v) is 6.41. The summed E-state index contributed by atoms with van der Waals surface area (Å²) in [7, 11) is 1.78. The topological polar surface area (TPSA) is 49.4 Å². The molecule has 5 heteroatoms. The summed E-state index contributed by atoms with van der Waals surface area (Å²) in [5.41, 5.74) is 0.148. The van der Waals surface area contributed by atoms with Crippen molar-refractivity contribution in [1.82, 2.24) is 10.2 Å². The summed E-state index contributed by atoms with van der Waals surface area (Å²) in [6.07, 6.45) is 3.29. The first-order chi connectivity index (χ1) is 10.5. The molecular formula is C17H23ClN2O2. The number of amides is 2. The van der Waals surface area contributed by atoms with E-state index in [1.54, 1.807) is 24.1 Å². The average molecular weight is 323 g/mol. The molecule has 0 atom stereocenters. The van der Waals surface area contributed by atoms with Gasteiger partial charge >= 0.3 is 0 Å². The second-order valence-electron chi connectivity index (χ2n) is 5.97. The Morgan fingerprint density at radius 2 is 1.91 bits per heavy atom. The van der Waals surface area contributed by atoms with Crippen molar-refractivity contribution in [3.05, 3.63) is 34.9 Å². The van der Waals surface area contributed by atoms with E-state index in [-0.39, 0.29) is 11.8 Å². The number of halogens is 1. The van der Waals surface area contributed by atoms with Crippen LogP contribution in [0.15, 0.2) is 24.3 Å². The Labute approximate surface area is 136 Å². The van der Waals surface area contributed by atoms with Crippen LogP contribution in [0.2, 0.25) is 5.02 Å². The molecule has 0 saturated heterocycles. The third-order valence-corrected chi connectivity index (χ3v) is 4.41. The van der Waals surface area contributed by atoms with E-state index in [0.29, 0.717) is 31.0 Å². The van der Waals surface area contributed by atoms with Crippen molar-refractivity contribution < 1.29 is 9.59 Å². The van der Waals surface area contributed by atoms with E-state index >= 15 is 0 Å². The lowest BCUT2D eigenvalue weighted by atomic mass is 10.0. The zero-order chi connectivity index (χ0) is 16.2. The van der Waals surface area contributed by atoms with Crippen LogP contribution < -0.4 is 5.32 Å². The van der Waals surface area contributed by atoms with E-state index < -0.39 is 5.41 Å². The summed E-state index contributed by atoms with van der Waals surface area (Å²) < 4.78 is 0. The standard InChI is InChI=1S/C17H23ClN2O2/c1-3-4-11-20(2)16(22)17(9-10-17)15(21)19-12-13-5-7-14(18)8-6-13/h5-8H,3-4,9-12H2,1-2H3,(H,19,21). The molecule has 2 rings (SSSR count). The molecule has 0 bridgehead atoms. The number of nitrogens with zero attached hydrogens (tertiary/aromatic N) is 1. The molecule has 1 aliphatic carbocycles. The van der Waals surface area contributed by atoms with Gasteiger partial charge < -0.3 is 10.2 Å². The summed E-state index contributed by atoms with van der Waals surface area (Å²) in [4.78, 5) is 26.6. The zero-order valence-electron chi connectivity index (χ0n) is 13.2. The first kappa shape index (κ1) is 16.8. The van der Waals surface area contributed by atoms with Gasteiger partial charge in [0.1, 0.15) is 5.41 Å². The van der Waals surface area contributed by atoms with E-state index in [2.05, 4.69) is 12.2 Å². The lowest BCUT2D eigenvalue weighted by Gasteiger charge is -2.23. The number of hydrogen-bond acceptors (Lipinski definition) is 2. The number of benzene rings is 1. The molecule has 1 saturated carbocycles. The highest BCUT2D eigenvalue weighted by Crippen LogP contribution is 2.47. The van der Waals surface area contributed by atoms with Crippen LogP contribution in [0.4, 0.5) is 0 Å². The summed E-state index contributed by atoms with van der Waals surface area (Å²) in [6.45, 7) is 3.22. The molecule has 4 nitrogen and oxygen atoms in total. The maximum absolute atomic E-state index is 12.5. The zero-order valence-corrected chi connectivity index (χ0v) is 13.9. The van der Waals surface area contributed by atoms with Gasteiger partial charge in [-0.3, -0.25) is 9.59 Å². The molecule has 2 amide bonds. The van der Waals surface area contributed by atoms with Gasteiger partial charge in [-0.25, -0.2) is 0 Å². The summed E-state index contributed by atoms with van der Waals surface area (Å²) in [5, 5.41) is 3.55. The molecule has 0 spiro atoms. The third-order valence-electron chi connectivity index (χ3n) is 4.15. The molecule has 0 aromatic heterocycles. The molecule has 1 N–H and O–H groups in total. The van der Waals surface area contributed by atoms with Gasteiger partial charge in [0.25, 0.3) is 0 Å². The highest BCUT2D eigenvalue weighted by molar-refractivity contribution is 6.30. The Balaban J connectivity index is 1.91. The highest BCUT2D eigenvalue weighted by Gasteiger charge is 2.57. The van der Waals surface area contributed by atoms with E-state index in [9.17, 15) is 9.59 Å². The lowest BCUT2D eigenvalue weighted by Crippen LogP contribution is -2.43. The maximum Gasteiger partial charge on any atom is 0.238 e. The Bertz CT molecular complexity index is 538. The van der Waals surface area contributed by atoms with Gasteiger partial charge in [-0.1, -0.05) is 37.1 Å². The van der Waals surface area contributed by atoms with E-state index in [1.807, 2.05) is 12.1 Å². The Morgan fingerprint density at radius 3 is 2.45 bits per heavy atom. The van der Waals surface area contributed by atoms with Gasteiger partial charge in [-0.2, -0.15) is 0 Å². The molecule has 1 aliphatic rings. The van der Waals surface area contributed by atoms with E-state index in [1.165, 1.54) is 0 Å². The Morgan fingerprint density at radius 1 is 1.27 bits per heavy atom. The molecule has 22 heavy (non-hydrogen) atoms. The van der Waals surface area contributed by atoms with Crippen LogP contribution in [-0.2, 0) is 16.1 Å². The van der Waals surface area contributed by atoms with Crippen LogP contribution >= 0.6 is 11.6 Å². The molecule has 0 heterocycles. The normalized spacial score (nSPS) is 15.2. The largest absolute Gasteiger partial charge is 0.351 e. The lowest BCUT2D eigenvalue weighted by molar-refractivity contribution is -0.143. The molecule has 0 radical (unpaired) electrons. The number of unbranched alkanes of at least 4 members (excludes halogenated alkanes) is 1. The van der Waals surface area contributed by atoms with Crippen molar-refractivity contribution in [3.63, 3.8) is 0 Å². The third kappa shape index (κ3) is 3.80. The minimum Gasteiger partial charge on any atom is -0.351 e. The summed E-state index contributed by atoms with van der Waals surface area (Å²) in [5.74, 6) is -0.203. The van der Waals surface area contributed by atoms with Crippen molar-refractivity contribution in [3.8, 4) is 0 Å². The van der Waals surface area contributed by atoms with Crippen molar-refractivity contribution >= 4 is 23.4 Å². The molecule has 0 unspecified atom stereocenters. The minimum atomic E-state index is -0.824. The van der Waals surface area contributed by atoms with Gasteiger partial charge in [0.15, 0.2) is 0 Å². The van der Waals surface area contributed by atoms with Crippen LogP contribution in [0.5, 0.6) is 0 Å². The summed E-state index contributed by atoms with van der Waals surface area (Å²) >= 11 is 5.84. The average Bonchev–Trinajstić information content (AvgIpc) is 3.32. The molecule has 120 valence electrons. The summed E-state index contributed by atoms with van der Waals surface area (Å²) in [6, 6.07) is 7.33. The predicted molar refractivity (Wildman–Crippen MR) is 87.5 cm³/mol. The predicted octanol–water partition coefficient (Wildman–Crippen LogP) is 2.99. The first-order valence-corrected chi connectivity index (χ1v) is 8.15. The molecule has 0 aliphatic heterocycles. The van der Waals surface area contributed by atoms with Gasteiger partial charge in [0.05, 0.1) is 0 Å². The molecular weight excluding hydrogens is 300 g/mol. The molecule has 1 aromatic rings. The quantitative estimate of drug-likeness (QED) is 0.785. The molecule has 1 aromatic carbocycles. The fourth-order valence-corrected chi connectivity index (χ4v) is 2.61. The van der Waals surface area contributed by atoms with Crippen molar-refractivity contribution in [1.29, 1.82) is 0 Å². The van der Waals surface area contributed by atoms with Gasteiger partial charge in [-0.05, 0) is 37.0 Å². The van der Waals surface area contributed by atoms with E-state index in [4.69, 9.17) is 11.6 Å². The number of carbonyl (C=O) groups excluding carboxylic acids is 2. The maximum atomic E-state index is 12.5. The van der Waals surface area contributed by atoms with Crippen LogP contribution in [0.1, 0.15) is 38.2 Å². The van der Waals surface area contributed by atoms with Crippen molar-refractivity contribution in [2.45, 2.75) is 39.2 Å². The van der Waals surface area contributed by atoms with Crippen LogP contribution in [0.25, 0.3) is 0 Å². The fourth-order valence-electron chi connectivity index (χ4n) is 2.48. The minimum absolute atomic E-state index is 0.0467. The van der Waals surface area contributed by atoms with E-state index in [0.717, 1.165) is 18.4 Å². The van der Waals surface area contributed by atoms with Crippen molar-refractivity contribution in [2.75, 3.05) is 13.6 Å². The Hall–Kier alpha value is -1.55. The molecule has 1 fully saturated rings.